The Morgan fingerprint density at radius 2 is 1.49 bits per heavy atom. The van der Waals surface area contributed by atoms with Crippen LogP contribution in [-0.2, 0) is 4.79 Å². The number of fused-ring (bicyclic) bond motifs is 1. The van der Waals surface area contributed by atoms with Crippen LogP contribution in [0.4, 0.5) is 0 Å². The summed E-state index contributed by atoms with van der Waals surface area (Å²) in [5, 5.41) is 0. The molecule has 178 valence electrons. The van der Waals surface area contributed by atoms with Gasteiger partial charge < -0.3 is 9.80 Å². The third-order valence-electron chi connectivity index (χ3n) is 7.14. The molecule has 0 unspecified atom stereocenters. The van der Waals surface area contributed by atoms with Crippen LogP contribution in [0.2, 0.25) is 0 Å². The van der Waals surface area contributed by atoms with Crippen molar-refractivity contribution in [1.82, 2.24) is 14.7 Å². The van der Waals surface area contributed by atoms with Gasteiger partial charge in [-0.05, 0) is 22.8 Å². The highest BCUT2D eigenvalue weighted by Gasteiger charge is 2.44. The van der Waals surface area contributed by atoms with Gasteiger partial charge in [-0.3, -0.25) is 14.5 Å². The van der Waals surface area contributed by atoms with Gasteiger partial charge in [0, 0.05) is 45.3 Å². The van der Waals surface area contributed by atoms with E-state index < -0.39 is 5.92 Å². The summed E-state index contributed by atoms with van der Waals surface area (Å²) in [5.41, 5.74) is 3.65. The van der Waals surface area contributed by atoms with E-state index in [9.17, 15) is 9.59 Å². The van der Waals surface area contributed by atoms with E-state index in [1.54, 1.807) is 4.90 Å². The molecular weight excluding hydrogens is 434 g/mol. The van der Waals surface area contributed by atoms with Gasteiger partial charge in [0.15, 0.2) is 0 Å². The molecule has 3 aromatic rings. The number of nitrogens with zero attached hydrogens (tertiary/aromatic N) is 3. The standard InChI is InChI=1S/C30H31N3O2/c1-31-28(24-14-6-3-7-15-24)27(25-16-8-9-17-26(25)29(31)34)30(35)33-21-19-32(20-22-33)18-10-13-23-11-4-2-5-12-23/h2-17,27-28H,18-22H2,1H3/b13-10+/t27-,28+/m0/s1. The molecule has 0 radical (unpaired) electrons. The number of likely N-dealkylation sites (N-methyl/N-ethyl adjacent to an activating group) is 1. The SMILES string of the molecule is CN1C(=O)c2ccccc2[C@H](C(=O)N2CCN(C/C=C/c3ccccc3)CC2)[C@H]1c1ccccc1. The fourth-order valence-corrected chi connectivity index (χ4v) is 5.26. The molecule has 3 aromatic carbocycles. The second-order valence-electron chi connectivity index (χ2n) is 9.28. The molecule has 0 saturated carbocycles. The van der Waals surface area contributed by atoms with E-state index >= 15 is 0 Å². The highest BCUT2D eigenvalue weighted by atomic mass is 16.2. The molecule has 1 saturated heterocycles. The molecule has 0 N–H and O–H groups in total. The molecule has 1 fully saturated rings. The van der Waals surface area contributed by atoms with Gasteiger partial charge in [-0.2, -0.15) is 0 Å². The fourth-order valence-electron chi connectivity index (χ4n) is 5.26. The van der Waals surface area contributed by atoms with E-state index in [2.05, 4.69) is 29.2 Å². The predicted octanol–water partition coefficient (Wildman–Crippen LogP) is 4.45. The lowest BCUT2D eigenvalue weighted by Crippen LogP contribution is -2.52. The van der Waals surface area contributed by atoms with Crippen LogP contribution in [0.15, 0.2) is 91.0 Å². The zero-order chi connectivity index (χ0) is 24.2. The Labute approximate surface area is 207 Å². The fraction of sp³-hybridized carbons (Fsp3) is 0.267. The molecule has 2 heterocycles. The van der Waals surface area contributed by atoms with Crippen molar-refractivity contribution in [3.63, 3.8) is 0 Å². The van der Waals surface area contributed by atoms with E-state index in [-0.39, 0.29) is 17.9 Å². The van der Waals surface area contributed by atoms with Crippen LogP contribution in [0.1, 0.15) is 39.0 Å². The summed E-state index contributed by atoms with van der Waals surface area (Å²) in [5.74, 6) is -0.348. The Balaban J connectivity index is 1.33. The molecule has 35 heavy (non-hydrogen) atoms. The van der Waals surface area contributed by atoms with Crippen molar-refractivity contribution in [1.29, 1.82) is 0 Å². The summed E-state index contributed by atoms with van der Waals surface area (Å²) in [4.78, 5) is 33.3. The second-order valence-corrected chi connectivity index (χ2v) is 9.28. The summed E-state index contributed by atoms with van der Waals surface area (Å²) >= 11 is 0. The molecular formula is C30H31N3O2. The summed E-state index contributed by atoms with van der Waals surface area (Å²) in [6.07, 6.45) is 4.34. The number of rotatable bonds is 5. The maximum absolute atomic E-state index is 14.0. The average molecular weight is 466 g/mol. The number of hydrogen-bond acceptors (Lipinski definition) is 3. The van der Waals surface area contributed by atoms with Crippen molar-refractivity contribution in [3.8, 4) is 0 Å². The van der Waals surface area contributed by atoms with Crippen LogP contribution in [0.5, 0.6) is 0 Å². The largest absolute Gasteiger partial charge is 0.340 e. The number of hydrogen-bond donors (Lipinski definition) is 0. The van der Waals surface area contributed by atoms with Crippen LogP contribution in [0.25, 0.3) is 6.08 Å². The van der Waals surface area contributed by atoms with Gasteiger partial charge in [0.05, 0.1) is 12.0 Å². The number of carbonyl (C=O) groups is 2. The molecule has 5 heteroatoms. The van der Waals surface area contributed by atoms with E-state index in [1.165, 1.54) is 5.56 Å². The van der Waals surface area contributed by atoms with Crippen molar-refractivity contribution < 1.29 is 9.59 Å². The average Bonchev–Trinajstić information content (AvgIpc) is 2.92. The predicted molar refractivity (Wildman–Crippen MR) is 139 cm³/mol. The Morgan fingerprint density at radius 3 is 2.20 bits per heavy atom. The monoisotopic (exact) mass is 465 g/mol. The lowest BCUT2D eigenvalue weighted by Gasteiger charge is -2.43. The number of amides is 2. The van der Waals surface area contributed by atoms with Crippen molar-refractivity contribution in [3.05, 3.63) is 113 Å². The first-order valence-electron chi connectivity index (χ1n) is 12.3. The zero-order valence-electron chi connectivity index (χ0n) is 20.1. The molecule has 0 aromatic heterocycles. The smallest absolute Gasteiger partial charge is 0.254 e. The first-order valence-corrected chi connectivity index (χ1v) is 12.3. The molecule has 5 nitrogen and oxygen atoms in total. The molecule has 0 spiro atoms. The minimum Gasteiger partial charge on any atom is -0.340 e. The minimum absolute atomic E-state index is 0.0338. The third-order valence-corrected chi connectivity index (χ3v) is 7.14. The minimum atomic E-state index is -0.416. The number of piperazine rings is 1. The van der Waals surface area contributed by atoms with Crippen molar-refractivity contribution in [2.45, 2.75) is 12.0 Å². The maximum Gasteiger partial charge on any atom is 0.254 e. The highest BCUT2D eigenvalue weighted by Crippen LogP contribution is 2.42. The lowest BCUT2D eigenvalue weighted by atomic mass is 9.79. The van der Waals surface area contributed by atoms with Crippen LogP contribution in [-0.4, -0.2) is 66.3 Å². The molecule has 0 aliphatic carbocycles. The topological polar surface area (TPSA) is 43.9 Å². The van der Waals surface area contributed by atoms with Gasteiger partial charge in [0.1, 0.15) is 0 Å². The molecule has 5 rings (SSSR count). The summed E-state index contributed by atoms with van der Waals surface area (Å²) in [6.45, 7) is 3.92. The van der Waals surface area contributed by atoms with Crippen molar-refractivity contribution >= 4 is 17.9 Å². The van der Waals surface area contributed by atoms with E-state index in [0.717, 1.165) is 30.8 Å². The summed E-state index contributed by atoms with van der Waals surface area (Å²) < 4.78 is 0. The molecule has 2 atom stereocenters. The van der Waals surface area contributed by atoms with E-state index in [0.29, 0.717) is 18.7 Å². The van der Waals surface area contributed by atoms with Gasteiger partial charge in [-0.15, -0.1) is 0 Å². The van der Waals surface area contributed by atoms with Crippen LogP contribution in [0, 0.1) is 0 Å². The molecule has 2 amide bonds. The number of carbonyl (C=O) groups excluding carboxylic acids is 2. The van der Waals surface area contributed by atoms with Crippen molar-refractivity contribution in [2.24, 2.45) is 0 Å². The van der Waals surface area contributed by atoms with Crippen LogP contribution >= 0.6 is 0 Å². The lowest BCUT2D eigenvalue weighted by molar-refractivity contribution is -0.136. The zero-order valence-corrected chi connectivity index (χ0v) is 20.1. The van der Waals surface area contributed by atoms with Gasteiger partial charge in [-0.1, -0.05) is 91.0 Å². The van der Waals surface area contributed by atoms with E-state index in [1.807, 2.05) is 84.7 Å². The van der Waals surface area contributed by atoms with Gasteiger partial charge in [0.2, 0.25) is 5.91 Å². The molecule has 0 bridgehead atoms. The highest BCUT2D eigenvalue weighted by molar-refractivity contribution is 6.01. The second kappa shape index (κ2) is 10.3. The quantitative estimate of drug-likeness (QED) is 0.559. The van der Waals surface area contributed by atoms with Gasteiger partial charge in [0.25, 0.3) is 5.91 Å². The summed E-state index contributed by atoms with van der Waals surface area (Å²) in [6, 6.07) is 27.5. The van der Waals surface area contributed by atoms with E-state index in [4.69, 9.17) is 0 Å². The Morgan fingerprint density at radius 1 is 0.857 bits per heavy atom. The summed E-state index contributed by atoms with van der Waals surface area (Å²) in [7, 11) is 1.81. The maximum atomic E-state index is 14.0. The van der Waals surface area contributed by atoms with Crippen LogP contribution < -0.4 is 0 Å². The Bertz CT molecular complexity index is 1200. The molecule has 2 aliphatic rings. The first-order chi connectivity index (χ1) is 17.1. The van der Waals surface area contributed by atoms with Gasteiger partial charge >= 0.3 is 0 Å². The van der Waals surface area contributed by atoms with Gasteiger partial charge in [-0.25, -0.2) is 0 Å². The third kappa shape index (κ3) is 4.77. The normalized spacial score (nSPS) is 20.8. The van der Waals surface area contributed by atoms with Crippen molar-refractivity contribution in [2.75, 3.05) is 39.8 Å². The van der Waals surface area contributed by atoms with Crippen LogP contribution in [0.3, 0.4) is 0 Å². The Kier molecular flexibility index (Phi) is 6.77. The molecule has 2 aliphatic heterocycles. The number of benzene rings is 3. The Hall–Kier alpha value is -3.70. The first kappa shape index (κ1) is 23.1.